The lowest BCUT2D eigenvalue weighted by molar-refractivity contribution is -0.105. The van der Waals surface area contributed by atoms with Gasteiger partial charge in [-0.25, -0.2) is 8.91 Å². The molecule has 1 fully saturated rings. The van der Waals surface area contributed by atoms with Gasteiger partial charge in [0.05, 0.1) is 27.8 Å². The van der Waals surface area contributed by atoms with Crippen molar-refractivity contribution in [3.63, 3.8) is 0 Å². The Morgan fingerprint density at radius 1 is 1.35 bits per heavy atom. The molecule has 0 atom stereocenters. The lowest BCUT2D eigenvalue weighted by atomic mass is 10.0. The van der Waals surface area contributed by atoms with Gasteiger partial charge in [-0.2, -0.15) is 10.2 Å². The van der Waals surface area contributed by atoms with Crippen LogP contribution < -0.4 is 10.2 Å². The van der Waals surface area contributed by atoms with Gasteiger partial charge < -0.3 is 10.2 Å². The number of aromatic amines is 1. The maximum absolute atomic E-state index is 15.5. The van der Waals surface area contributed by atoms with Crippen LogP contribution in [-0.4, -0.2) is 46.1 Å². The van der Waals surface area contributed by atoms with E-state index in [2.05, 4.69) is 20.6 Å². The summed E-state index contributed by atoms with van der Waals surface area (Å²) in [6, 6.07) is 5.57. The molecule has 0 unspecified atom stereocenters. The molecule has 3 aromatic heterocycles. The van der Waals surface area contributed by atoms with Gasteiger partial charge in [0.1, 0.15) is 0 Å². The standard InChI is InChI=1S/C19H19FN6OS.C3H6/c1-4-25(2)18-16(20)19(28-3)15(13-9-22-23-17(13)18)11-5-6-26-12(7-11)8-14(24-26)21-10-27;1-2-3-1/h5-10H,4H2,1-3H3,(H,22,23)(H,21,24,27);1-3H2. The van der Waals surface area contributed by atoms with Crippen LogP contribution in [0, 0.1) is 5.82 Å². The van der Waals surface area contributed by atoms with E-state index in [1.54, 1.807) is 23.0 Å². The normalized spacial score (nSPS) is 12.5. The van der Waals surface area contributed by atoms with Crippen molar-refractivity contribution in [1.29, 1.82) is 0 Å². The van der Waals surface area contributed by atoms with Crippen LogP contribution in [0.2, 0.25) is 0 Å². The third-order valence-corrected chi connectivity index (χ3v) is 5.94. The Morgan fingerprint density at radius 3 is 2.77 bits per heavy atom. The van der Waals surface area contributed by atoms with E-state index in [4.69, 9.17) is 0 Å². The van der Waals surface area contributed by atoms with E-state index in [-0.39, 0.29) is 5.82 Å². The number of H-pyrrole nitrogens is 1. The number of hydrogen-bond donors (Lipinski definition) is 2. The van der Waals surface area contributed by atoms with E-state index in [1.807, 2.05) is 37.3 Å². The second-order valence-electron chi connectivity index (χ2n) is 7.38. The summed E-state index contributed by atoms with van der Waals surface area (Å²) >= 11 is 1.37. The molecule has 5 rings (SSSR count). The second-order valence-corrected chi connectivity index (χ2v) is 8.20. The number of carbonyl (C=O) groups is 1. The number of nitrogens with one attached hydrogen (secondary N) is 2. The lowest BCUT2D eigenvalue weighted by Gasteiger charge is -2.22. The summed E-state index contributed by atoms with van der Waals surface area (Å²) in [6.07, 6.45) is 10.5. The minimum absolute atomic E-state index is 0.264. The molecule has 2 N–H and O–H groups in total. The van der Waals surface area contributed by atoms with Gasteiger partial charge in [-0.1, -0.05) is 19.3 Å². The summed E-state index contributed by atoms with van der Waals surface area (Å²) < 4.78 is 17.2. The van der Waals surface area contributed by atoms with Gasteiger partial charge in [0.15, 0.2) is 11.6 Å². The van der Waals surface area contributed by atoms with Crippen molar-refractivity contribution in [3.05, 3.63) is 36.4 Å². The van der Waals surface area contributed by atoms with Crippen LogP contribution in [0.5, 0.6) is 0 Å². The average Bonchev–Trinajstić information content (AvgIpc) is 3.49. The Morgan fingerprint density at radius 2 is 2.13 bits per heavy atom. The number of hydrogen-bond acceptors (Lipinski definition) is 5. The molecule has 1 aliphatic carbocycles. The smallest absolute Gasteiger partial charge is 0.212 e. The molecule has 162 valence electrons. The highest BCUT2D eigenvalue weighted by Gasteiger charge is 2.23. The molecule has 1 aliphatic rings. The first-order valence-electron chi connectivity index (χ1n) is 10.2. The molecule has 1 amide bonds. The van der Waals surface area contributed by atoms with E-state index in [1.165, 1.54) is 31.0 Å². The molecule has 1 aromatic carbocycles. The number of halogens is 1. The first-order chi connectivity index (χ1) is 15.1. The van der Waals surface area contributed by atoms with Crippen molar-refractivity contribution < 1.29 is 9.18 Å². The number of carbonyl (C=O) groups excluding carboxylic acids is 1. The predicted octanol–water partition coefficient (Wildman–Crippen LogP) is 4.93. The van der Waals surface area contributed by atoms with Crippen molar-refractivity contribution >= 4 is 46.1 Å². The quantitative estimate of drug-likeness (QED) is 0.328. The minimum atomic E-state index is -0.264. The Labute approximate surface area is 184 Å². The van der Waals surface area contributed by atoms with Crippen LogP contribution in [0.4, 0.5) is 15.9 Å². The van der Waals surface area contributed by atoms with Crippen molar-refractivity contribution in [1.82, 2.24) is 19.8 Å². The largest absolute Gasteiger partial charge is 0.371 e. The van der Waals surface area contributed by atoms with Crippen LogP contribution in [0.3, 0.4) is 0 Å². The first-order valence-corrected chi connectivity index (χ1v) is 11.4. The molecule has 0 spiro atoms. The highest BCUT2D eigenvalue weighted by Crippen LogP contribution is 2.43. The monoisotopic (exact) mass is 440 g/mol. The number of thioether (sulfide) groups is 1. The molecular weight excluding hydrogens is 415 g/mol. The molecule has 1 saturated carbocycles. The molecule has 7 nitrogen and oxygen atoms in total. The zero-order chi connectivity index (χ0) is 22.0. The van der Waals surface area contributed by atoms with Gasteiger partial charge in [0, 0.05) is 36.8 Å². The summed E-state index contributed by atoms with van der Waals surface area (Å²) in [5, 5.41) is 14.8. The van der Waals surface area contributed by atoms with Gasteiger partial charge in [-0.05, 0) is 30.9 Å². The highest BCUT2D eigenvalue weighted by molar-refractivity contribution is 7.98. The number of fused-ring (bicyclic) bond motifs is 2. The maximum atomic E-state index is 15.5. The second kappa shape index (κ2) is 8.97. The SMILES string of the molecule is C1CC1.CCN(C)c1c(F)c(SC)c(-c2ccn3nc(NC=O)cc3c2)c2cn[nH]c12. The van der Waals surface area contributed by atoms with Gasteiger partial charge in [0.25, 0.3) is 0 Å². The van der Waals surface area contributed by atoms with E-state index in [9.17, 15) is 4.79 Å². The zero-order valence-corrected chi connectivity index (χ0v) is 18.6. The number of amides is 1. The summed E-state index contributed by atoms with van der Waals surface area (Å²) in [5.74, 6) is 0.192. The minimum Gasteiger partial charge on any atom is -0.371 e. The molecule has 0 saturated heterocycles. The maximum Gasteiger partial charge on any atom is 0.212 e. The van der Waals surface area contributed by atoms with Gasteiger partial charge >= 0.3 is 0 Å². The third kappa shape index (κ3) is 4.10. The fourth-order valence-corrected chi connectivity index (χ4v) is 4.09. The first kappa shape index (κ1) is 21.2. The lowest BCUT2D eigenvalue weighted by Crippen LogP contribution is -2.18. The molecule has 0 radical (unpaired) electrons. The average molecular weight is 441 g/mol. The molecule has 3 heterocycles. The molecule has 31 heavy (non-hydrogen) atoms. The van der Waals surface area contributed by atoms with Crippen molar-refractivity contribution in [2.75, 3.05) is 30.1 Å². The number of rotatable bonds is 6. The van der Waals surface area contributed by atoms with Crippen LogP contribution in [0.15, 0.2) is 35.5 Å². The van der Waals surface area contributed by atoms with Gasteiger partial charge in [-0.3, -0.25) is 9.89 Å². The molecular formula is C22H25FN6OS. The Kier molecular flexibility index (Phi) is 6.13. The number of benzene rings is 1. The van der Waals surface area contributed by atoms with Crippen LogP contribution in [-0.2, 0) is 4.79 Å². The summed E-state index contributed by atoms with van der Waals surface area (Å²) in [5.41, 5.74) is 3.62. The van der Waals surface area contributed by atoms with Crippen LogP contribution in [0.25, 0.3) is 27.5 Å². The summed E-state index contributed by atoms with van der Waals surface area (Å²) in [6.45, 7) is 2.65. The highest BCUT2D eigenvalue weighted by atomic mass is 32.2. The number of nitrogens with zero attached hydrogens (tertiary/aromatic N) is 4. The Bertz CT molecular complexity index is 1230. The van der Waals surface area contributed by atoms with Gasteiger partial charge in [-0.15, -0.1) is 11.8 Å². The van der Waals surface area contributed by atoms with Crippen molar-refractivity contribution in [2.45, 2.75) is 31.1 Å². The van der Waals surface area contributed by atoms with Crippen molar-refractivity contribution in [3.8, 4) is 11.1 Å². The zero-order valence-electron chi connectivity index (χ0n) is 17.8. The van der Waals surface area contributed by atoms with E-state index < -0.39 is 0 Å². The number of aromatic nitrogens is 4. The Balaban J connectivity index is 0.000000710. The third-order valence-electron chi connectivity index (χ3n) is 5.15. The van der Waals surface area contributed by atoms with E-state index in [0.717, 1.165) is 22.0 Å². The molecule has 0 bridgehead atoms. The van der Waals surface area contributed by atoms with Crippen LogP contribution in [0.1, 0.15) is 26.2 Å². The topological polar surface area (TPSA) is 78.3 Å². The number of anilines is 2. The van der Waals surface area contributed by atoms with Crippen LogP contribution >= 0.6 is 11.8 Å². The van der Waals surface area contributed by atoms with Gasteiger partial charge in [0.2, 0.25) is 6.41 Å². The van der Waals surface area contributed by atoms with E-state index >= 15 is 4.39 Å². The fourth-order valence-electron chi connectivity index (χ4n) is 3.38. The fraction of sp³-hybridized carbons (Fsp3) is 0.318. The Hall–Kier alpha value is -3.07. The number of pyridine rings is 1. The summed E-state index contributed by atoms with van der Waals surface area (Å²) in [4.78, 5) is 13.1. The van der Waals surface area contributed by atoms with E-state index in [0.29, 0.717) is 34.9 Å². The molecule has 9 heteroatoms. The summed E-state index contributed by atoms with van der Waals surface area (Å²) in [7, 11) is 1.86. The molecule has 0 aliphatic heterocycles. The molecule has 4 aromatic rings. The predicted molar refractivity (Wildman–Crippen MR) is 125 cm³/mol. The van der Waals surface area contributed by atoms with Crippen molar-refractivity contribution in [2.24, 2.45) is 0 Å².